The van der Waals surface area contributed by atoms with Gasteiger partial charge in [0, 0.05) is 11.3 Å². The molecule has 0 saturated carbocycles. The average molecular weight is 430 g/mol. The monoisotopic (exact) mass is 429 g/mol. The number of hydrogen-bond donors (Lipinski definition) is 2. The second kappa shape index (κ2) is 8.41. The third kappa shape index (κ3) is 3.93. The molecule has 2 N–H and O–H groups in total. The summed E-state index contributed by atoms with van der Waals surface area (Å²) < 4.78 is 6.01. The van der Waals surface area contributed by atoms with Gasteiger partial charge < -0.3 is 9.73 Å². The number of nitrogens with zero attached hydrogens (tertiary/aromatic N) is 1. The van der Waals surface area contributed by atoms with Crippen LogP contribution in [0.25, 0.3) is 28.3 Å². The second-order valence-electron chi connectivity index (χ2n) is 8.19. The van der Waals surface area contributed by atoms with Gasteiger partial charge in [-0.15, -0.1) is 0 Å². The molecular formula is C29H23N3O. The van der Waals surface area contributed by atoms with Crippen molar-refractivity contribution < 1.29 is 4.42 Å². The van der Waals surface area contributed by atoms with Gasteiger partial charge in [-0.1, -0.05) is 84.9 Å². The van der Waals surface area contributed by atoms with Gasteiger partial charge in [-0.05, 0) is 47.0 Å². The van der Waals surface area contributed by atoms with Gasteiger partial charge in [0.05, 0.1) is 6.04 Å². The largest absolute Gasteiger partial charge is 0.436 e. The molecule has 2 heterocycles. The Morgan fingerprint density at radius 1 is 0.667 bits per heavy atom. The van der Waals surface area contributed by atoms with Crippen LogP contribution in [0.2, 0.25) is 0 Å². The van der Waals surface area contributed by atoms with E-state index >= 15 is 0 Å². The lowest BCUT2D eigenvalue weighted by Gasteiger charge is -2.33. The zero-order valence-electron chi connectivity index (χ0n) is 18.0. The fraction of sp³-hybridized carbons (Fsp3) is 0.0690. The highest BCUT2D eigenvalue weighted by atomic mass is 16.3. The molecule has 0 radical (unpaired) electrons. The lowest BCUT2D eigenvalue weighted by atomic mass is 9.98. The van der Waals surface area contributed by atoms with Gasteiger partial charge in [-0.2, -0.15) is 0 Å². The molecule has 6 rings (SSSR count). The molecule has 4 nitrogen and oxygen atoms in total. The van der Waals surface area contributed by atoms with E-state index in [4.69, 9.17) is 4.42 Å². The van der Waals surface area contributed by atoms with Crippen LogP contribution in [-0.2, 0) is 0 Å². The van der Waals surface area contributed by atoms with E-state index in [0.29, 0.717) is 5.89 Å². The standard InChI is InChI=1S/C29H23N3O/c1-3-10-20(11-4-1)25-19-26(21-12-5-2-6-13-21)31-28(30-25)22-14-9-15-23(18-22)29-32-24-16-7-8-17-27(24)33-29/h1-19,25,28,30-31H. The Labute approximate surface area is 192 Å². The molecule has 0 spiro atoms. The molecule has 5 aromatic rings. The molecule has 33 heavy (non-hydrogen) atoms. The highest BCUT2D eigenvalue weighted by Gasteiger charge is 2.24. The Morgan fingerprint density at radius 2 is 1.36 bits per heavy atom. The summed E-state index contributed by atoms with van der Waals surface area (Å²) in [5.74, 6) is 0.632. The van der Waals surface area contributed by atoms with Crippen molar-refractivity contribution in [3.8, 4) is 11.5 Å². The summed E-state index contributed by atoms with van der Waals surface area (Å²) in [6, 6.07) is 37.3. The van der Waals surface area contributed by atoms with Crippen LogP contribution in [0.4, 0.5) is 0 Å². The zero-order chi connectivity index (χ0) is 22.0. The maximum absolute atomic E-state index is 6.01. The minimum Gasteiger partial charge on any atom is -0.436 e. The van der Waals surface area contributed by atoms with Crippen molar-refractivity contribution in [3.05, 3.63) is 132 Å². The Morgan fingerprint density at radius 3 is 2.18 bits per heavy atom. The highest BCUT2D eigenvalue weighted by Crippen LogP contribution is 2.31. The van der Waals surface area contributed by atoms with Crippen molar-refractivity contribution in [2.75, 3.05) is 0 Å². The number of hydrogen-bond acceptors (Lipinski definition) is 4. The van der Waals surface area contributed by atoms with Crippen molar-refractivity contribution in [3.63, 3.8) is 0 Å². The first kappa shape index (κ1) is 19.5. The van der Waals surface area contributed by atoms with Gasteiger partial charge in [-0.3, -0.25) is 5.32 Å². The first-order chi connectivity index (χ1) is 16.3. The summed E-state index contributed by atoms with van der Waals surface area (Å²) in [6.07, 6.45) is 2.19. The van der Waals surface area contributed by atoms with E-state index in [1.165, 1.54) is 11.1 Å². The first-order valence-electron chi connectivity index (χ1n) is 11.1. The van der Waals surface area contributed by atoms with E-state index in [2.05, 4.69) is 88.4 Å². The summed E-state index contributed by atoms with van der Waals surface area (Å²) in [5, 5.41) is 7.44. The van der Waals surface area contributed by atoms with Gasteiger partial charge in [0.1, 0.15) is 11.7 Å². The van der Waals surface area contributed by atoms with Crippen molar-refractivity contribution in [2.45, 2.75) is 12.2 Å². The summed E-state index contributed by atoms with van der Waals surface area (Å²) in [4.78, 5) is 4.68. The molecule has 0 amide bonds. The molecule has 1 aromatic heterocycles. The van der Waals surface area contributed by atoms with E-state index in [9.17, 15) is 0 Å². The molecule has 160 valence electrons. The molecule has 0 aliphatic carbocycles. The molecule has 2 atom stereocenters. The van der Waals surface area contributed by atoms with Gasteiger partial charge in [0.2, 0.25) is 5.89 Å². The topological polar surface area (TPSA) is 50.1 Å². The summed E-state index contributed by atoms with van der Waals surface area (Å²) in [7, 11) is 0. The minimum atomic E-state index is -0.0697. The molecule has 1 aliphatic rings. The fourth-order valence-electron chi connectivity index (χ4n) is 4.32. The minimum absolute atomic E-state index is 0.0697. The maximum Gasteiger partial charge on any atom is 0.227 e. The van der Waals surface area contributed by atoms with Gasteiger partial charge in [0.25, 0.3) is 0 Å². The van der Waals surface area contributed by atoms with Crippen molar-refractivity contribution in [1.29, 1.82) is 0 Å². The van der Waals surface area contributed by atoms with Crippen LogP contribution in [0.1, 0.15) is 28.9 Å². The van der Waals surface area contributed by atoms with Crippen LogP contribution in [0.5, 0.6) is 0 Å². The molecule has 4 heteroatoms. The molecule has 4 aromatic carbocycles. The Bertz CT molecular complexity index is 1390. The third-order valence-electron chi connectivity index (χ3n) is 5.98. The van der Waals surface area contributed by atoms with Crippen LogP contribution in [0.15, 0.2) is 120 Å². The quantitative estimate of drug-likeness (QED) is 0.344. The van der Waals surface area contributed by atoms with Crippen LogP contribution in [0, 0.1) is 0 Å². The number of fused-ring (bicyclic) bond motifs is 1. The molecule has 0 bridgehead atoms. The number of rotatable bonds is 4. The van der Waals surface area contributed by atoms with E-state index in [1.54, 1.807) is 0 Å². The predicted octanol–water partition coefficient (Wildman–Crippen LogP) is 6.47. The molecule has 1 aliphatic heterocycles. The summed E-state index contributed by atoms with van der Waals surface area (Å²) in [6.45, 7) is 0. The SMILES string of the molecule is C1=C(c2ccccc2)NC(c2cccc(-c3nc4ccccc4o3)c2)NC1c1ccccc1. The van der Waals surface area contributed by atoms with Gasteiger partial charge in [-0.25, -0.2) is 4.98 Å². The summed E-state index contributed by atoms with van der Waals surface area (Å²) >= 11 is 0. The summed E-state index contributed by atoms with van der Waals surface area (Å²) in [5.41, 5.74) is 7.25. The van der Waals surface area contributed by atoms with E-state index in [0.717, 1.165) is 27.9 Å². The Kier molecular flexibility index (Phi) is 4.98. The number of benzene rings is 4. The second-order valence-corrected chi connectivity index (χ2v) is 8.19. The maximum atomic E-state index is 6.01. The van der Waals surface area contributed by atoms with Gasteiger partial charge in [0.15, 0.2) is 5.58 Å². The molecule has 0 fully saturated rings. The van der Waals surface area contributed by atoms with E-state index in [-0.39, 0.29) is 12.2 Å². The van der Waals surface area contributed by atoms with Crippen LogP contribution in [0.3, 0.4) is 0 Å². The number of aromatic nitrogens is 1. The van der Waals surface area contributed by atoms with Crippen molar-refractivity contribution in [1.82, 2.24) is 15.6 Å². The number of para-hydroxylation sites is 2. The van der Waals surface area contributed by atoms with E-state index in [1.807, 2.05) is 42.5 Å². The number of nitrogens with one attached hydrogen (secondary N) is 2. The Hall–Kier alpha value is -4.15. The van der Waals surface area contributed by atoms with E-state index < -0.39 is 0 Å². The molecular weight excluding hydrogens is 406 g/mol. The smallest absolute Gasteiger partial charge is 0.227 e. The normalized spacial score (nSPS) is 18.0. The van der Waals surface area contributed by atoms with Crippen LogP contribution >= 0.6 is 0 Å². The fourth-order valence-corrected chi connectivity index (χ4v) is 4.32. The lowest BCUT2D eigenvalue weighted by molar-refractivity contribution is 0.442. The highest BCUT2D eigenvalue weighted by molar-refractivity contribution is 5.76. The number of oxazole rings is 1. The van der Waals surface area contributed by atoms with Crippen LogP contribution in [-0.4, -0.2) is 4.98 Å². The third-order valence-corrected chi connectivity index (χ3v) is 5.98. The molecule has 0 saturated heterocycles. The van der Waals surface area contributed by atoms with Gasteiger partial charge >= 0.3 is 0 Å². The first-order valence-corrected chi connectivity index (χ1v) is 11.1. The average Bonchev–Trinajstić information content (AvgIpc) is 3.34. The predicted molar refractivity (Wildman–Crippen MR) is 132 cm³/mol. The van der Waals surface area contributed by atoms with Crippen molar-refractivity contribution in [2.24, 2.45) is 0 Å². The van der Waals surface area contributed by atoms with Crippen LogP contribution < -0.4 is 10.6 Å². The van der Waals surface area contributed by atoms with Crippen molar-refractivity contribution >= 4 is 16.8 Å². The molecule has 2 unspecified atom stereocenters. The zero-order valence-corrected chi connectivity index (χ0v) is 18.0. The Balaban J connectivity index is 1.37. The lowest BCUT2D eigenvalue weighted by Crippen LogP contribution is -2.39.